The van der Waals surface area contributed by atoms with E-state index in [0.717, 1.165) is 0 Å². The van der Waals surface area contributed by atoms with Crippen molar-refractivity contribution in [1.29, 1.82) is 0 Å². The van der Waals surface area contributed by atoms with Gasteiger partial charge in [0.25, 0.3) is 0 Å². The van der Waals surface area contributed by atoms with Gasteiger partial charge in [0, 0.05) is 25.9 Å². The molecule has 2 aliphatic rings. The predicted molar refractivity (Wildman–Crippen MR) is 135 cm³/mol. The maximum absolute atomic E-state index is 11.9. The molecule has 0 radical (unpaired) electrons. The number of ether oxygens (including phenoxy) is 4. The Morgan fingerprint density at radius 1 is 0.875 bits per heavy atom. The fourth-order valence-electron chi connectivity index (χ4n) is 5.38. The molecular formula is C22H39NO15S2. The lowest BCUT2D eigenvalue weighted by atomic mass is 9.78. The average Bonchev–Trinajstić information content (AvgIpc) is 2.82. The predicted octanol–water partition coefficient (Wildman–Crippen LogP) is -0.304. The summed E-state index contributed by atoms with van der Waals surface area (Å²) in [7, 11) is -8.41. The van der Waals surface area contributed by atoms with Gasteiger partial charge in [-0.25, -0.2) is 13.2 Å². The van der Waals surface area contributed by atoms with E-state index >= 15 is 0 Å². The van der Waals surface area contributed by atoms with Crippen molar-refractivity contribution in [3.8, 4) is 0 Å². The molecule has 234 valence electrons. The van der Waals surface area contributed by atoms with E-state index in [9.17, 15) is 36.1 Å². The first kappa shape index (κ1) is 34.7. The summed E-state index contributed by atoms with van der Waals surface area (Å²) in [5, 5.41) is 12.5. The summed E-state index contributed by atoms with van der Waals surface area (Å²) in [4.78, 5) is 23.7. The first-order chi connectivity index (χ1) is 18.5. The van der Waals surface area contributed by atoms with Gasteiger partial charge in [0.2, 0.25) is 5.91 Å². The van der Waals surface area contributed by atoms with Gasteiger partial charge in [0.1, 0.15) is 12.2 Å². The molecule has 0 aromatic carbocycles. The minimum Gasteiger partial charge on any atom is -0.479 e. The highest BCUT2D eigenvalue weighted by Gasteiger charge is 2.49. The fraction of sp³-hybridized carbons (Fsp3) is 0.909. The van der Waals surface area contributed by atoms with E-state index in [1.807, 2.05) is 6.92 Å². The lowest BCUT2D eigenvalue weighted by molar-refractivity contribution is -0.209. The zero-order valence-electron chi connectivity index (χ0n) is 22.9. The first-order valence-electron chi connectivity index (χ1n) is 12.6. The van der Waals surface area contributed by atoms with Crippen LogP contribution in [-0.2, 0) is 57.7 Å². The summed E-state index contributed by atoms with van der Waals surface area (Å²) in [6.07, 6.45) is -4.93. The number of methoxy groups -OCH3 is 1. The summed E-state index contributed by atoms with van der Waals surface area (Å²) < 4.78 is 95.9. The van der Waals surface area contributed by atoms with Crippen molar-refractivity contribution >= 4 is 32.7 Å². The summed E-state index contributed by atoms with van der Waals surface area (Å²) in [6, 6.07) is -0.481. The van der Waals surface area contributed by atoms with Gasteiger partial charge >= 0.3 is 26.8 Å². The molecule has 10 atom stereocenters. The molecule has 4 N–H and O–H groups in total. The molecule has 2 heterocycles. The van der Waals surface area contributed by atoms with E-state index in [4.69, 9.17) is 27.7 Å². The van der Waals surface area contributed by atoms with Crippen molar-refractivity contribution in [2.45, 2.75) is 70.7 Å². The Labute approximate surface area is 233 Å². The zero-order valence-corrected chi connectivity index (χ0v) is 24.5. The third-order valence-electron chi connectivity index (χ3n) is 7.32. The summed E-state index contributed by atoms with van der Waals surface area (Å²) in [5.74, 6) is -4.18. The number of aliphatic carboxylic acids is 1. The standard InChI is InChI=1S/C22H39NO15S2/c1-6-16-19(23-13(4)24)11(2)14(17(36-16)10-35-39(27,28)29)8-34-9-18-20(38-40(30,31)32)12(3)15(7-33-5)21(37-18)22(25)26/h11-12,14-21H,6-10H2,1-5H3,(H,23,24)(H,25,26)(H,27,28,29)(H,30,31,32)/t11-,12-,14+,15+,16-,17?,18+,19?,20?,21?/m1/s1. The molecule has 0 aliphatic carbocycles. The molecule has 2 rings (SSSR count). The molecule has 40 heavy (non-hydrogen) atoms. The van der Waals surface area contributed by atoms with Gasteiger partial charge in [-0.05, 0) is 18.3 Å². The summed E-state index contributed by atoms with van der Waals surface area (Å²) >= 11 is 0. The van der Waals surface area contributed by atoms with Gasteiger partial charge in [-0.2, -0.15) is 16.8 Å². The van der Waals surface area contributed by atoms with E-state index in [1.54, 1.807) is 6.92 Å². The largest absolute Gasteiger partial charge is 0.479 e. The number of carboxylic acids is 1. The Hall–Kier alpha value is -1.48. The molecule has 0 bridgehead atoms. The van der Waals surface area contributed by atoms with Crippen molar-refractivity contribution in [1.82, 2.24) is 5.32 Å². The Balaban J connectivity index is 2.27. The smallest absolute Gasteiger partial charge is 0.397 e. The van der Waals surface area contributed by atoms with Crippen molar-refractivity contribution in [3.63, 3.8) is 0 Å². The molecule has 1 amide bonds. The molecule has 18 heteroatoms. The van der Waals surface area contributed by atoms with Crippen LogP contribution < -0.4 is 5.32 Å². The average molecular weight is 622 g/mol. The number of amides is 1. The Bertz CT molecular complexity index is 1070. The Morgan fingerprint density at radius 2 is 1.52 bits per heavy atom. The second-order valence-electron chi connectivity index (χ2n) is 10.0. The molecule has 4 unspecified atom stereocenters. The quantitative estimate of drug-likeness (QED) is 0.182. The van der Waals surface area contributed by atoms with E-state index < -0.39 is 87.7 Å². The molecule has 0 spiro atoms. The summed E-state index contributed by atoms with van der Waals surface area (Å²) in [6.45, 7) is 5.30. The van der Waals surface area contributed by atoms with Gasteiger partial charge < -0.3 is 29.4 Å². The van der Waals surface area contributed by atoms with Crippen LogP contribution in [0.1, 0.15) is 34.1 Å². The zero-order chi connectivity index (χ0) is 30.4. The van der Waals surface area contributed by atoms with Crippen LogP contribution in [0.15, 0.2) is 0 Å². The maximum atomic E-state index is 11.9. The lowest BCUT2D eigenvalue weighted by Crippen LogP contribution is -2.59. The molecule has 0 aromatic heterocycles. The second-order valence-corrected chi connectivity index (χ2v) is 12.2. The van der Waals surface area contributed by atoms with Crippen LogP contribution in [0.3, 0.4) is 0 Å². The van der Waals surface area contributed by atoms with Gasteiger partial charge in [-0.1, -0.05) is 20.8 Å². The SMILES string of the molecule is CC[C@H]1OC(COS(=O)(=O)O)[C@@H](COC[C@@H]2OC(C(=O)O)[C@@H](COC)[C@@H](C)C2OS(=O)(=O)O)[C@@H](C)C1NC(C)=O. The highest BCUT2D eigenvalue weighted by atomic mass is 32.3. The number of carboxylic acid groups (broad SMARTS) is 1. The van der Waals surface area contributed by atoms with E-state index in [0.29, 0.717) is 6.42 Å². The number of nitrogens with one attached hydrogen (secondary N) is 1. The van der Waals surface area contributed by atoms with Crippen molar-refractivity contribution in [2.75, 3.05) is 33.5 Å². The van der Waals surface area contributed by atoms with Crippen LogP contribution >= 0.6 is 0 Å². The van der Waals surface area contributed by atoms with E-state index in [2.05, 4.69) is 9.50 Å². The Morgan fingerprint density at radius 3 is 2.02 bits per heavy atom. The van der Waals surface area contributed by atoms with Crippen LogP contribution in [0.5, 0.6) is 0 Å². The number of hydrogen-bond donors (Lipinski definition) is 4. The van der Waals surface area contributed by atoms with E-state index in [1.165, 1.54) is 21.0 Å². The summed E-state index contributed by atoms with van der Waals surface area (Å²) in [5.41, 5.74) is 0. The molecule has 0 aromatic rings. The third-order valence-corrected chi connectivity index (χ3v) is 8.22. The lowest BCUT2D eigenvalue weighted by Gasteiger charge is -2.46. The van der Waals surface area contributed by atoms with Gasteiger partial charge in [0.15, 0.2) is 6.10 Å². The topological polar surface area (TPSA) is 231 Å². The minimum absolute atomic E-state index is 0.0907. The van der Waals surface area contributed by atoms with Crippen molar-refractivity contribution < 1.29 is 68.0 Å². The normalized spacial score (nSPS) is 35.3. The molecule has 0 saturated carbocycles. The van der Waals surface area contributed by atoms with Crippen LogP contribution in [0.4, 0.5) is 0 Å². The number of carbonyl (C=O) groups excluding carboxylic acids is 1. The molecular weight excluding hydrogens is 582 g/mol. The highest BCUT2D eigenvalue weighted by molar-refractivity contribution is 7.81. The molecule has 2 saturated heterocycles. The second kappa shape index (κ2) is 14.6. The van der Waals surface area contributed by atoms with Gasteiger partial charge in [-0.15, -0.1) is 0 Å². The first-order valence-corrected chi connectivity index (χ1v) is 15.4. The van der Waals surface area contributed by atoms with Gasteiger partial charge in [-0.3, -0.25) is 13.9 Å². The minimum atomic E-state index is -4.96. The van der Waals surface area contributed by atoms with Crippen LogP contribution in [0, 0.1) is 23.7 Å². The number of rotatable bonds is 14. The monoisotopic (exact) mass is 621 g/mol. The van der Waals surface area contributed by atoms with E-state index in [-0.39, 0.29) is 31.6 Å². The van der Waals surface area contributed by atoms with Crippen LogP contribution in [0.2, 0.25) is 0 Å². The molecule has 2 fully saturated rings. The fourth-order valence-corrected chi connectivity index (χ4v) is 6.27. The van der Waals surface area contributed by atoms with Crippen LogP contribution in [-0.4, -0.2) is 113 Å². The van der Waals surface area contributed by atoms with Crippen LogP contribution in [0.25, 0.3) is 0 Å². The van der Waals surface area contributed by atoms with Crippen molar-refractivity contribution in [2.24, 2.45) is 23.7 Å². The highest BCUT2D eigenvalue weighted by Crippen LogP contribution is 2.36. The maximum Gasteiger partial charge on any atom is 0.397 e. The molecule has 2 aliphatic heterocycles. The Kier molecular flexibility index (Phi) is 12.7. The van der Waals surface area contributed by atoms with Crippen molar-refractivity contribution in [3.05, 3.63) is 0 Å². The number of carbonyl (C=O) groups is 2. The molecule has 16 nitrogen and oxygen atoms in total. The number of hydrogen-bond acceptors (Lipinski definition) is 12. The van der Waals surface area contributed by atoms with Gasteiger partial charge in [0.05, 0.1) is 44.7 Å². The third kappa shape index (κ3) is 9.81.